The van der Waals surface area contributed by atoms with Crippen LogP contribution in [0.3, 0.4) is 0 Å². The first-order valence-corrected chi connectivity index (χ1v) is 11.2. The van der Waals surface area contributed by atoms with Crippen LogP contribution in [0.5, 0.6) is 0 Å². The van der Waals surface area contributed by atoms with Crippen LogP contribution >= 0.6 is 11.3 Å². The average Bonchev–Trinajstić information content (AvgIpc) is 3.08. The van der Waals surface area contributed by atoms with E-state index in [1.807, 2.05) is 43.3 Å². The molecule has 0 spiro atoms. The highest BCUT2D eigenvalue weighted by Crippen LogP contribution is 2.28. The maximum Gasteiger partial charge on any atom is 0.279 e. The van der Waals surface area contributed by atoms with Gasteiger partial charge in [-0.25, -0.2) is 13.6 Å². The molecule has 1 aromatic carbocycles. The summed E-state index contributed by atoms with van der Waals surface area (Å²) < 4.78 is 23.4. The molecule has 1 amide bonds. The summed E-state index contributed by atoms with van der Waals surface area (Å²) >= 11 is 1.66. The molecule has 0 saturated heterocycles. The molecule has 1 aromatic heterocycles. The molecule has 0 aliphatic rings. The number of thiophene rings is 1. The van der Waals surface area contributed by atoms with Crippen LogP contribution in [0.2, 0.25) is 0 Å². The minimum absolute atomic E-state index is 0.0204. The van der Waals surface area contributed by atoms with E-state index in [9.17, 15) is 13.2 Å². The summed E-state index contributed by atoms with van der Waals surface area (Å²) in [5.74, 6) is -0.177. The first-order chi connectivity index (χ1) is 12.7. The first-order valence-electron chi connectivity index (χ1n) is 8.79. The molecule has 9 heteroatoms. The molecule has 27 heavy (non-hydrogen) atoms. The minimum Gasteiger partial charge on any atom is -0.370 e. The lowest BCUT2D eigenvalue weighted by atomic mass is 10.2. The van der Waals surface area contributed by atoms with Gasteiger partial charge in [0.15, 0.2) is 6.54 Å². The van der Waals surface area contributed by atoms with E-state index in [2.05, 4.69) is 5.32 Å². The highest BCUT2D eigenvalue weighted by Gasteiger charge is 2.18. The summed E-state index contributed by atoms with van der Waals surface area (Å²) in [5.41, 5.74) is 1.23. The fraction of sp³-hybridized carbons (Fsp3) is 0.389. The molecule has 2 rings (SSSR count). The Hall–Kier alpha value is -1.94. The Kier molecular flexibility index (Phi) is 7.37. The van der Waals surface area contributed by atoms with E-state index < -0.39 is 10.0 Å². The maximum atomic E-state index is 12.5. The minimum atomic E-state index is -3.85. The number of nitrogens with two attached hydrogens (primary N) is 1. The zero-order valence-corrected chi connectivity index (χ0v) is 17.5. The molecule has 1 heterocycles. The molecule has 0 saturated carbocycles. The number of nitrogens with zero attached hydrogens (tertiary/aromatic N) is 1. The number of rotatable bonds is 9. The fourth-order valence-electron chi connectivity index (χ4n) is 2.87. The van der Waals surface area contributed by atoms with Gasteiger partial charge in [-0.3, -0.25) is 4.79 Å². The molecule has 0 radical (unpaired) electrons. The van der Waals surface area contributed by atoms with Crippen molar-refractivity contribution in [2.75, 3.05) is 36.9 Å². The highest BCUT2D eigenvalue weighted by molar-refractivity contribution is 7.89. The van der Waals surface area contributed by atoms with Crippen LogP contribution in [-0.2, 0) is 21.4 Å². The van der Waals surface area contributed by atoms with Crippen molar-refractivity contribution in [3.63, 3.8) is 0 Å². The van der Waals surface area contributed by atoms with Gasteiger partial charge in [0.2, 0.25) is 10.0 Å². The van der Waals surface area contributed by atoms with E-state index in [0.717, 1.165) is 30.2 Å². The third kappa shape index (κ3) is 6.03. The number of amides is 1. The SMILES string of the molecule is CCN(CC)c1ccc(S(N)(=O)=O)cc1NC(=O)C[NH+](C)Cc1cccs1. The largest absolute Gasteiger partial charge is 0.370 e. The highest BCUT2D eigenvalue weighted by atomic mass is 32.2. The summed E-state index contributed by atoms with van der Waals surface area (Å²) in [6, 6.07) is 8.61. The second-order valence-corrected chi connectivity index (χ2v) is 8.93. The Morgan fingerprint density at radius 1 is 1.26 bits per heavy atom. The number of carbonyl (C=O) groups excluding carboxylic acids is 1. The number of primary sulfonamides is 1. The van der Waals surface area contributed by atoms with Crippen LogP contribution in [-0.4, -0.2) is 41.0 Å². The third-order valence-corrected chi connectivity index (χ3v) is 5.98. The zero-order chi connectivity index (χ0) is 20.0. The number of sulfonamides is 1. The normalized spacial score (nSPS) is 12.6. The maximum absolute atomic E-state index is 12.5. The topological polar surface area (TPSA) is 96.9 Å². The van der Waals surface area contributed by atoms with Crippen LogP contribution < -0.4 is 20.3 Å². The molecular formula is C18H27N4O3S2+. The predicted molar refractivity (Wildman–Crippen MR) is 110 cm³/mol. The molecule has 0 bridgehead atoms. The number of hydrogen-bond acceptors (Lipinski definition) is 5. The Labute approximate surface area is 164 Å². The van der Waals surface area contributed by atoms with Gasteiger partial charge >= 0.3 is 0 Å². The number of nitrogens with one attached hydrogen (secondary N) is 2. The van der Waals surface area contributed by atoms with Crippen LogP contribution in [0.1, 0.15) is 18.7 Å². The second-order valence-electron chi connectivity index (χ2n) is 6.33. The zero-order valence-electron chi connectivity index (χ0n) is 15.9. The van der Waals surface area contributed by atoms with Crippen molar-refractivity contribution in [3.05, 3.63) is 40.6 Å². The van der Waals surface area contributed by atoms with E-state index in [4.69, 9.17) is 5.14 Å². The molecule has 4 N–H and O–H groups in total. The molecule has 0 aliphatic heterocycles. The van der Waals surface area contributed by atoms with Crippen molar-refractivity contribution in [1.29, 1.82) is 0 Å². The second kappa shape index (κ2) is 9.32. The third-order valence-electron chi connectivity index (χ3n) is 4.19. The fourth-order valence-corrected chi connectivity index (χ4v) is 4.23. The van der Waals surface area contributed by atoms with Crippen molar-refractivity contribution in [1.82, 2.24) is 0 Å². The van der Waals surface area contributed by atoms with Gasteiger partial charge in [0.1, 0.15) is 6.54 Å². The lowest BCUT2D eigenvalue weighted by Gasteiger charge is -2.25. The van der Waals surface area contributed by atoms with Crippen molar-refractivity contribution >= 4 is 38.6 Å². The van der Waals surface area contributed by atoms with E-state index in [1.165, 1.54) is 17.0 Å². The standard InChI is InChI=1S/C18H26N4O3S2/c1-4-22(5-2)17-9-8-15(27(19,24)25)11-16(17)20-18(23)13-21(3)12-14-7-6-10-26-14/h6-11H,4-5,12-13H2,1-3H3,(H,20,23)(H2,19,24,25)/p+1. The van der Waals surface area contributed by atoms with E-state index in [-0.39, 0.29) is 17.3 Å². The van der Waals surface area contributed by atoms with Gasteiger partial charge in [0, 0.05) is 13.1 Å². The lowest BCUT2D eigenvalue weighted by Crippen LogP contribution is -3.08. The van der Waals surface area contributed by atoms with Gasteiger partial charge in [-0.2, -0.15) is 0 Å². The van der Waals surface area contributed by atoms with Gasteiger partial charge in [0.25, 0.3) is 5.91 Å². The molecule has 1 unspecified atom stereocenters. The summed E-state index contributed by atoms with van der Waals surface area (Å²) in [4.78, 5) is 16.8. The first kappa shape index (κ1) is 21.4. The van der Waals surface area contributed by atoms with Gasteiger partial charge in [-0.1, -0.05) is 6.07 Å². The smallest absolute Gasteiger partial charge is 0.279 e. The van der Waals surface area contributed by atoms with Gasteiger partial charge in [-0.05, 0) is 43.5 Å². The van der Waals surface area contributed by atoms with E-state index >= 15 is 0 Å². The number of likely N-dealkylation sites (N-methyl/N-ethyl adjacent to an activating group) is 1. The summed E-state index contributed by atoms with van der Waals surface area (Å²) in [7, 11) is -1.90. The summed E-state index contributed by atoms with van der Waals surface area (Å²) in [6.45, 7) is 6.50. The van der Waals surface area contributed by atoms with Crippen molar-refractivity contribution < 1.29 is 18.1 Å². The average molecular weight is 412 g/mol. The number of hydrogen-bond donors (Lipinski definition) is 3. The van der Waals surface area contributed by atoms with Gasteiger partial charge in [0.05, 0.1) is 28.2 Å². The quantitative estimate of drug-likeness (QED) is 0.571. The summed E-state index contributed by atoms with van der Waals surface area (Å²) in [5, 5.41) is 10.1. The van der Waals surface area contributed by atoms with Crippen LogP contribution in [0.4, 0.5) is 11.4 Å². The Morgan fingerprint density at radius 3 is 2.52 bits per heavy atom. The Morgan fingerprint density at radius 2 is 1.96 bits per heavy atom. The molecule has 7 nitrogen and oxygen atoms in total. The van der Waals surface area contributed by atoms with Crippen molar-refractivity contribution in [2.24, 2.45) is 5.14 Å². The van der Waals surface area contributed by atoms with E-state index in [0.29, 0.717) is 5.69 Å². The number of quaternary nitrogens is 1. The number of anilines is 2. The van der Waals surface area contributed by atoms with Crippen LogP contribution in [0.15, 0.2) is 40.6 Å². The van der Waals surface area contributed by atoms with Gasteiger partial charge < -0.3 is 15.1 Å². The molecular weight excluding hydrogens is 384 g/mol. The Bertz CT molecular complexity index is 863. The molecule has 148 valence electrons. The van der Waals surface area contributed by atoms with Gasteiger partial charge in [-0.15, -0.1) is 11.3 Å². The van der Waals surface area contributed by atoms with E-state index in [1.54, 1.807) is 17.4 Å². The summed E-state index contributed by atoms with van der Waals surface area (Å²) in [6.07, 6.45) is 0. The molecule has 1 atom stereocenters. The van der Waals surface area contributed by atoms with Crippen LogP contribution in [0, 0.1) is 0 Å². The predicted octanol–water partition coefficient (Wildman–Crippen LogP) is 0.895. The number of carbonyl (C=O) groups is 1. The molecule has 0 aliphatic carbocycles. The van der Waals surface area contributed by atoms with Crippen molar-refractivity contribution in [3.8, 4) is 0 Å². The van der Waals surface area contributed by atoms with Crippen molar-refractivity contribution in [2.45, 2.75) is 25.3 Å². The number of benzene rings is 1. The Balaban J connectivity index is 2.19. The lowest BCUT2D eigenvalue weighted by molar-refractivity contribution is -0.884. The molecule has 2 aromatic rings. The van der Waals surface area contributed by atoms with Crippen LogP contribution in [0.25, 0.3) is 0 Å². The monoisotopic (exact) mass is 411 g/mol. The molecule has 0 fully saturated rings.